The van der Waals surface area contributed by atoms with Crippen molar-refractivity contribution >= 4 is 17.6 Å². The van der Waals surface area contributed by atoms with Gasteiger partial charge in [0.25, 0.3) is 5.91 Å². The van der Waals surface area contributed by atoms with Gasteiger partial charge in [0.05, 0.1) is 7.11 Å². The highest BCUT2D eigenvalue weighted by atomic mass is 16.5. The number of hydrogen-bond acceptors (Lipinski definition) is 4. The molecule has 19 heavy (non-hydrogen) atoms. The number of carbonyl (C=O) groups excluding carboxylic acids is 1. The molecular formula is C13H15NO5. The molecule has 1 aliphatic rings. The molecular weight excluding hydrogens is 250 g/mol. The second-order valence-corrected chi connectivity index (χ2v) is 4.25. The van der Waals surface area contributed by atoms with E-state index in [2.05, 4.69) is 5.32 Å². The molecule has 1 fully saturated rings. The summed E-state index contributed by atoms with van der Waals surface area (Å²) >= 11 is 0. The van der Waals surface area contributed by atoms with Crippen molar-refractivity contribution in [3.63, 3.8) is 0 Å². The number of rotatable bonds is 4. The zero-order valence-corrected chi connectivity index (χ0v) is 10.5. The molecule has 0 aliphatic carbocycles. The van der Waals surface area contributed by atoms with E-state index in [1.165, 1.54) is 0 Å². The topological polar surface area (TPSA) is 84.9 Å². The largest absolute Gasteiger partial charge is 0.497 e. The molecule has 0 aromatic heterocycles. The molecule has 0 bridgehead atoms. The minimum atomic E-state index is -1.03. The summed E-state index contributed by atoms with van der Waals surface area (Å²) in [6, 6.07) is 6.93. The van der Waals surface area contributed by atoms with E-state index in [1.807, 2.05) is 0 Å². The summed E-state index contributed by atoms with van der Waals surface area (Å²) in [6.07, 6.45) is -0.841. The van der Waals surface area contributed by atoms with E-state index in [0.717, 1.165) is 0 Å². The van der Waals surface area contributed by atoms with E-state index in [4.69, 9.17) is 14.6 Å². The van der Waals surface area contributed by atoms with Crippen molar-refractivity contribution in [3.8, 4) is 5.75 Å². The van der Waals surface area contributed by atoms with E-state index in [-0.39, 0.29) is 5.91 Å². The van der Waals surface area contributed by atoms with Gasteiger partial charge in [0.1, 0.15) is 11.9 Å². The Morgan fingerprint density at radius 3 is 2.74 bits per heavy atom. The Morgan fingerprint density at radius 1 is 1.37 bits per heavy atom. The molecule has 0 radical (unpaired) electrons. The van der Waals surface area contributed by atoms with Crippen LogP contribution < -0.4 is 10.1 Å². The lowest BCUT2D eigenvalue weighted by Gasteiger charge is -2.12. The van der Waals surface area contributed by atoms with Crippen LogP contribution in [0.4, 0.5) is 5.69 Å². The molecule has 1 amide bonds. The number of carboxylic acids is 1. The summed E-state index contributed by atoms with van der Waals surface area (Å²) in [6.45, 7) is 0. The van der Waals surface area contributed by atoms with Gasteiger partial charge in [-0.1, -0.05) is 6.07 Å². The number of anilines is 1. The average Bonchev–Trinajstić information content (AvgIpc) is 2.89. The van der Waals surface area contributed by atoms with Crippen molar-refractivity contribution in [2.24, 2.45) is 0 Å². The standard InChI is InChI=1S/C13H15NO5/c1-18-9-4-2-3-8(7-9)14-12(15)10-5-6-11(19-10)13(16)17/h2-4,7,10-11H,5-6H2,1H3,(H,14,15)(H,16,17)/t10-,11+/m0/s1. The lowest BCUT2D eigenvalue weighted by molar-refractivity contribution is -0.150. The van der Waals surface area contributed by atoms with Crippen LogP contribution >= 0.6 is 0 Å². The third-order valence-electron chi connectivity index (χ3n) is 2.92. The van der Waals surface area contributed by atoms with E-state index < -0.39 is 18.2 Å². The summed E-state index contributed by atoms with van der Waals surface area (Å²) in [4.78, 5) is 22.7. The molecule has 1 heterocycles. The first-order valence-electron chi connectivity index (χ1n) is 5.93. The molecule has 102 valence electrons. The number of nitrogens with one attached hydrogen (secondary N) is 1. The van der Waals surface area contributed by atoms with Gasteiger partial charge in [0.2, 0.25) is 0 Å². The molecule has 1 aliphatic heterocycles. The molecule has 1 aromatic rings. The lowest BCUT2D eigenvalue weighted by atomic mass is 10.2. The first-order valence-corrected chi connectivity index (χ1v) is 5.93. The Hall–Kier alpha value is -2.08. The zero-order valence-electron chi connectivity index (χ0n) is 10.5. The van der Waals surface area contributed by atoms with Gasteiger partial charge in [-0.2, -0.15) is 0 Å². The average molecular weight is 265 g/mol. The third kappa shape index (κ3) is 3.23. The number of carbonyl (C=O) groups is 2. The summed E-state index contributed by atoms with van der Waals surface area (Å²) in [5, 5.41) is 11.5. The van der Waals surface area contributed by atoms with Crippen LogP contribution in [0.2, 0.25) is 0 Å². The minimum Gasteiger partial charge on any atom is -0.497 e. The predicted octanol–water partition coefficient (Wildman–Crippen LogP) is 1.27. The van der Waals surface area contributed by atoms with Crippen LogP contribution in [0.3, 0.4) is 0 Å². The first-order chi connectivity index (χ1) is 9.10. The normalized spacial score (nSPS) is 21.9. The maximum atomic E-state index is 11.9. The highest BCUT2D eigenvalue weighted by Gasteiger charge is 2.34. The molecule has 2 atom stereocenters. The van der Waals surface area contributed by atoms with Crippen LogP contribution in [0.1, 0.15) is 12.8 Å². The van der Waals surface area contributed by atoms with Crippen LogP contribution in [0, 0.1) is 0 Å². The maximum absolute atomic E-state index is 11.9. The number of amides is 1. The van der Waals surface area contributed by atoms with Gasteiger partial charge in [0.15, 0.2) is 6.10 Å². The first kappa shape index (κ1) is 13.4. The smallest absolute Gasteiger partial charge is 0.332 e. The van der Waals surface area contributed by atoms with Crippen LogP contribution in [-0.4, -0.2) is 36.3 Å². The van der Waals surface area contributed by atoms with Gasteiger partial charge in [-0.3, -0.25) is 4.79 Å². The molecule has 2 N–H and O–H groups in total. The number of methoxy groups -OCH3 is 1. The van der Waals surface area contributed by atoms with Crippen molar-refractivity contribution < 1.29 is 24.2 Å². The third-order valence-corrected chi connectivity index (χ3v) is 2.92. The fraction of sp³-hybridized carbons (Fsp3) is 0.385. The van der Waals surface area contributed by atoms with Gasteiger partial charge in [-0.25, -0.2) is 4.79 Å². The molecule has 1 aromatic carbocycles. The van der Waals surface area contributed by atoms with Gasteiger partial charge in [-0.15, -0.1) is 0 Å². The summed E-state index contributed by atoms with van der Waals surface area (Å²) < 4.78 is 10.2. The van der Waals surface area contributed by atoms with E-state index in [1.54, 1.807) is 31.4 Å². The minimum absolute atomic E-state index is 0.336. The predicted molar refractivity (Wildman–Crippen MR) is 67.2 cm³/mol. The Balaban J connectivity index is 1.96. The van der Waals surface area contributed by atoms with E-state index in [0.29, 0.717) is 24.3 Å². The second-order valence-electron chi connectivity index (χ2n) is 4.25. The highest BCUT2D eigenvalue weighted by molar-refractivity contribution is 5.94. The Labute approximate surface area is 110 Å². The van der Waals surface area contributed by atoms with E-state index >= 15 is 0 Å². The number of aliphatic carboxylic acids is 1. The SMILES string of the molecule is COc1cccc(NC(=O)[C@@H]2CC[C@H](C(=O)O)O2)c1. The van der Waals surface area contributed by atoms with Gasteiger partial charge >= 0.3 is 5.97 Å². The molecule has 6 heteroatoms. The van der Waals surface area contributed by atoms with Crippen molar-refractivity contribution in [3.05, 3.63) is 24.3 Å². The molecule has 2 rings (SSSR count). The van der Waals surface area contributed by atoms with E-state index in [9.17, 15) is 9.59 Å². The zero-order chi connectivity index (χ0) is 13.8. The molecule has 1 saturated heterocycles. The molecule has 0 spiro atoms. The molecule has 0 unspecified atom stereocenters. The number of ether oxygens (including phenoxy) is 2. The van der Waals surface area contributed by atoms with Crippen LogP contribution in [0.25, 0.3) is 0 Å². The van der Waals surface area contributed by atoms with Crippen LogP contribution in [0.5, 0.6) is 5.75 Å². The Kier molecular flexibility index (Phi) is 4.01. The van der Waals surface area contributed by atoms with Crippen molar-refractivity contribution in [1.29, 1.82) is 0 Å². The van der Waals surface area contributed by atoms with Crippen molar-refractivity contribution in [2.75, 3.05) is 12.4 Å². The summed E-state index contributed by atoms with van der Waals surface area (Å²) in [5.74, 6) is -0.734. The quantitative estimate of drug-likeness (QED) is 0.856. The summed E-state index contributed by atoms with van der Waals surface area (Å²) in [5.41, 5.74) is 0.590. The van der Waals surface area contributed by atoms with Gasteiger partial charge < -0.3 is 19.9 Å². The summed E-state index contributed by atoms with van der Waals surface area (Å²) in [7, 11) is 1.54. The Bertz CT molecular complexity index is 488. The van der Waals surface area contributed by atoms with Gasteiger partial charge in [0, 0.05) is 11.8 Å². The van der Waals surface area contributed by atoms with Crippen LogP contribution in [-0.2, 0) is 14.3 Å². The fourth-order valence-corrected chi connectivity index (χ4v) is 1.94. The number of carboxylic acid groups (broad SMARTS) is 1. The fourth-order valence-electron chi connectivity index (χ4n) is 1.94. The molecule has 0 saturated carbocycles. The maximum Gasteiger partial charge on any atom is 0.332 e. The van der Waals surface area contributed by atoms with Crippen LogP contribution in [0.15, 0.2) is 24.3 Å². The van der Waals surface area contributed by atoms with Crippen molar-refractivity contribution in [2.45, 2.75) is 25.0 Å². The monoisotopic (exact) mass is 265 g/mol. The number of benzene rings is 1. The lowest BCUT2D eigenvalue weighted by Crippen LogP contribution is -2.29. The highest BCUT2D eigenvalue weighted by Crippen LogP contribution is 2.22. The number of hydrogen-bond donors (Lipinski definition) is 2. The second kappa shape index (κ2) is 5.71. The van der Waals surface area contributed by atoms with Gasteiger partial charge in [-0.05, 0) is 25.0 Å². The molecule has 6 nitrogen and oxygen atoms in total. The van der Waals surface area contributed by atoms with Crippen molar-refractivity contribution in [1.82, 2.24) is 0 Å². The Morgan fingerprint density at radius 2 is 2.11 bits per heavy atom.